The van der Waals surface area contributed by atoms with Crippen LogP contribution >= 0.6 is 12.3 Å². The third kappa shape index (κ3) is 6.36. The standard InChI is InChI=1S/C22H32F2N4OS/c23-19-4-1-3-17(13-19)16-6-8-20(9-7-16)29-15-18-14-28(22(26)5-2-11-25)12-10-21(18)27-30-24/h1-5,11,13,16,18,20-21,27H,6-10,12,14-15,25-26H2/b11-2-,22-5+. The number of halogens is 2. The largest absolute Gasteiger partial charge is 0.405 e. The number of hydrogen-bond donors (Lipinski definition) is 3. The van der Waals surface area contributed by atoms with Crippen LogP contribution in [0.5, 0.6) is 0 Å². The Morgan fingerprint density at radius 1 is 1.27 bits per heavy atom. The zero-order chi connectivity index (χ0) is 21.3. The first kappa shape index (κ1) is 22.9. The summed E-state index contributed by atoms with van der Waals surface area (Å²) in [6, 6.07) is 6.96. The summed E-state index contributed by atoms with van der Waals surface area (Å²) in [5, 5.41) is 0. The Morgan fingerprint density at radius 3 is 2.77 bits per heavy atom. The van der Waals surface area contributed by atoms with Gasteiger partial charge in [0.25, 0.3) is 0 Å². The van der Waals surface area contributed by atoms with Gasteiger partial charge in [0.1, 0.15) is 18.2 Å². The van der Waals surface area contributed by atoms with Crippen molar-refractivity contribution in [1.29, 1.82) is 0 Å². The van der Waals surface area contributed by atoms with E-state index in [1.807, 2.05) is 6.07 Å². The van der Waals surface area contributed by atoms with E-state index in [-0.39, 0.29) is 36.2 Å². The molecule has 8 heteroatoms. The molecule has 2 unspecified atom stereocenters. The molecule has 166 valence electrons. The molecule has 5 nitrogen and oxygen atoms in total. The maximum atomic E-state index is 13.5. The summed E-state index contributed by atoms with van der Waals surface area (Å²) < 4.78 is 35.5. The highest BCUT2D eigenvalue weighted by Gasteiger charge is 2.31. The monoisotopic (exact) mass is 438 g/mol. The molecule has 2 fully saturated rings. The fourth-order valence-electron chi connectivity index (χ4n) is 4.49. The quantitative estimate of drug-likeness (QED) is 0.421. The highest BCUT2D eigenvalue weighted by atomic mass is 32.2. The molecular weight excluding hydrogens is 406 g/mol. The van der Waals surface area contributed by atoms with E-state index >= 15 is 0 Å². The van der Waals surface area contributed by atoms with Crippen LogP contribution in [0.2, 0.25) is 0 Å². The molecule has 1 aliphatic carbocycles. The number of nitrogens with two attached hydrogens (primary N) is 2. The summed E-state index contributed by atoms with van der Waals surface area (Å²) in [4.78, 5) is 2.09. The van der Waals surface area contributed by atoms with Crippen molar-refractivity contribution in [3.8, 4) is 0 Å². The van der Waals surface area contributed by atoms with Crippen molar-refractivity contribution >= 4 is 12.3 Å². The van der Waals surface area contributed by atoms with Crippen LogP contribution in [0.4, 0.5) is 8.28 Å². The molecule has 1 aromatic rings. The zero-order valence-electron chi connectivity index (χ0n) is 17.2. The Hall–Kier alpha value is -1.77. The lowest BCUT2D eigenvalue weighted by Crippen LogP contribution is -2.50. The van der Waals surface area contributed by atoms with Gasteiger partial charge in [0.2, 0.25) is 0 Å². The van der Waals surface area contributed by atoms with Crippen molar-refractivity contribution in [3.63, 3.8) is 0 Å². The maximum absolute atomic E-state index is 13.5. The van der Waals surface area contributed by atoms with Crippen LogP contribution in [0.1, 0.15) is 43.6 Å². The summed E-state index contributed by atoms with van der Waals surface area (Å²) in [6.45, 7) is 2.02. The lowest BCUT2D eigenvalue weighted by atomic mass is 9.82. The van der Waals surface area contributed by atoms with Gasteiger partial charge in [0, 0.05) is 25.0 Å². The number of nitrogens with one attached hydrogen (secondary N) is 1. The number of benzene rings is 1. The fraction of sp³-hybridized carbons (Fsp3) is 0.545. The second-order valence-electron chi connectivity index (χ2n) is 8.13. The lowest BCUT2D eigenvalue weighted by molar-refractivity contribution is -0.0135. The van der Waals surface area contributed by atoms with Gasteiger partial charge in [-0.1, -0.05) is 12.1 Å². The van der Waals surface area contributed by atoms with Crippen molar-refractivity contribution in [3.05, 3.63) is 59.8 Å². The van der Waals surface area contributed by atoms with Gasteiger partial charge in [-0.3, -0.25) is 0 Å². The van der Waals surface area contributed by atoms with E-state index in [1.54, 1.807) is 24.3 Å². The number of hydrogen-bond acceptors (Lipinski definition) is 6. The SMILES string of the molecule is N/C=C\C=C(/N)N1CCC(NSF)C(COC2CCC(c3cccc(F)c3)CC2)C1. The minimum Gasteiger partial charge on any atom is -0.405 e. The van der Waals surface area contributed by atoms with Gasteiger partial charge in [0.15, 0.2) is 0 Å². The average Bonchev–Trinajstić information content (AvgIpc) is 2.77. The lowest BCUT2D eigenvalue weighted by Gasteiger charge is -2.40. The number of nitrogens with zero attached hydrogens (tertiary/aromatic N) is 1. The highest BCUT2D eigenvalue weighted by Crippen LogP contribution is 2.34. The van der Waals surface area contributed by atoms with Crippen LogP contribution < -0.4 is 16.2 Å². The third-order valence-corrected chi connectivity index (χ3v) is 6.61. The maximum Gasteiger partial charge on any atom is 0.131 e. The molecule has 30 heavy (non-hydrogen) atoms. The van der Waals surface area contributed by atoms with Crippen LogP contribution in [0.25, 0.3) is 0 Å². The summed E-state index contributed by atoms with van der Waals surface area (Å²) in [6.07, 6.45) is 9.82. The highest BCUT2D eigenvalue weighted by molar-refractivity contribution is 7.92. The molecule has 2 aliphatic rings. The predicted octanol–water partition coefficient (Wildman–Crippen LogP) is 3.95. The molecule has 1 heterocycles. The fourth-order valence-corrected chi connectivity index (χ4v) is 4.92. The molecule has 0 amide bonds. The van der Waals surface area contributed by atoms with Crippen molar-refractivity contribution in [2.75, 3.05) is 19.7 Å². The zero-order valence-corrected chi connectivity index (χ0v) is 18.0. The van der Waals surface area contributed by atoms with Gasteiger partial charge in [-0.15, -0.1) is 3.89 Å². The Labute approximate surface area is 182 Å². The van der Waals surface area contributed by atoms with Gasteiger partial charge < -0.3 is 21.1 Å². The van der Waals surface area contributed by atoms with Gasteiger partial charge in [0.05, 0.1) is 18.5 Å². The first-order chi connectivity index (χ1) is 14.6. The molecule has 1 saturated heterocycles. The number of ether oxygens (including phenoxy) is 1. The summed E-state index contributed by atoms with van der Waals surface area (Å²) in [7, 11) is 0. The molecule has 0 radical (unpaired) electrons. The number of likely N-dealkylation sites (tertiary alicyclic amines) is 1. The Bertz CT molecular complexity index is 725. The predicted molar refractivity (Wildman–Crippen MR) is 118 cm³/mol. The van der Waals surface area contributed by atoms with Crippen LogP contribution in [0.15, 0.2) is 48.4 Å². The normalized spacial score (nSPS) is 28.2. The molecule has 0 aromatic heterocycles. The Kier molecular flexibility index (Phi) is 8.84. The molecule has 1 saturated carbocycles. The molecule has 2 atom stereocenters. The summed E-state index contributed by atoms with van der Waals surface area (Å²) >= 11 is 0.168. The van der Waals surface area contributed by atoms with Crippen molar-refractivity contribution < 1.29 is 13.0 Å². The van der Waals surface area contributed by atoms with E-state index in [0.717, 1.165) is 44.2 Å². The van der Waals surface area contributed by atoms with Gasteiger partial charge in [-0.25, -0.2) is 9.11 Å². The van der Waals surface area contributed by atoms with Crippen LogP contribution in [0, 0.1) is 11.7 Å². The minimum absolute atomic E-state index is 0.0396. The molecule has 5 N–H and O–H groups in total. The number of rotatable bonds is 8. The molecule has 1 aliphatic heterocycles. The van der Waals surface area contributed by atoms with E-state index in [0.29, 0.717) is 24.9 Å². The van der Waals surface area contributed by atoms with E-state index in [1.165, 1.54) is 12.3 Å². The van der Waals surface area contributed by atoms with Crippen LogP contribution in [-0.4, -0.2) is 36.7 Å². The Morgan fingerprint density at radius 2 is 2.07 bits per heavy atom. The molecule has 1 aromatic carbocycles. The second-order valence-corrected chi connectivity index (χ2v) is 8.52. The first-order valence-corrected chi connectivity index (χ1v) is 11.3. The molecule has 0 spiro atoms. The van der Waals surface area contributed by atoms with Gasteiger partial charge in [-0.05, 0) is 74.1 Å². The van der Waals surface area contributed by atoms with Crippen molar-refractivity contribution in [2.24, 2.45) is 17.4 Å². The molecular formula is C22H32F2N4OS. The van der Waals surface area contributed by atoms with E-state index in [9.17, 15) is 8.28 Å². The van der Waals surface area contributed by atoms with Crippen molar-refractivity contribution in [2.45, 2.75) is 50.2 Å². The topological polar surface area (TPSA) is 76.5 Å². The van der Waals surface area contributed by atoms with Crippen LogP contribution in [-0.2, 0) is 4.74 Å². The van der Waals surface area contributed by atoms with Gasteiger partial charge >= 0.3 is 0 Å². The number of allylic oxidation sites excluding steroid dienone is 2. The van der Waals surface area contributed by atoms with Crippen LogP contribution in [0.3, 0.4) is 0 Å². The summed E-state index contributed by atoms with van der Waals surface area (Å²) in [5.41, 5.74) is 12.6. The van der Waals surface area contributed by atoms with Crippen molar-refractivity contribution in [1.82, 2.24) is 9.62 Å². The van der Waals surface area contributed by atoms with E-state index in [4.69, 9.17) is 16.2 Å². The van der Waals surface area contributed by atoms with E-state index < -0.39 is 0 Å². The first-order valence-electron chi connectivity index (χ1n) is 10.6. The smallest absolute Gasteiger partial charge is 0.131 e. The molecule has 3 rings (SSSR count). The third-order valence-electron chi connectivity index (χ3n) is 6.21. The average molecular weight is 439 g/mol. The number of piperidine rings is 1. The van der Waals surface area contributed by atoms with Gasteiger partial charge in [-0.2, -0.15) is 0 Å². The molecule has 0 bridgehead atoms. The van der Waals surface area contributed by atoms with E-state index in [2.05, 4.69) is 9.62 Å². The summed E-state index contributed by atoms with van der Waals surface area (Å²) in [5.74, 6) is 1.01. The minimum atomic E-state index is -0.174. The second kappa shape index (κ2) is 11.6. The Balaban J connectivity index is 1.51.